The summed E-state index contributed by atoms with van der Waals surface area (Å²) in [6, 6.07) is 4.05. The average Bonchev–Trinajstić information content (AvgIpc) is 3.30. The van der Waals surface area contributed by atoms with Crippen molar-refractivity contribution in [3.8, 4) is 0 Å². The molecule has 4 rings (SSSR count). The van der Waals surface area contributed by atoms with Crippen LogP contribution >= 0.6 is 0 Å². The van der Waals surface area contributed by atoms with Crippen LogP contribution in [0.25, 0.3) is 0 Å². The van der Waals surface area contributed by atoms with Gasteiger partial charge in [-0.2, -0.15) is 0 Å². The van der Waals surface area contributed by atoms with E-state index in [1.807, 2.05) is 52.8 Å². The Morgan fingerprint density at radius 2 is 1.92 bits per heavy atom. The number of nitrogens with zero attached hydrogens (tertiary/aromatic N) is 2. The number of ether oxygens (including phenoxy) is 1. The maximum atomic E-state index is 14.6. The quantitative estimate of drug-likeness (QED) is 0.534. The number of aliphatic carboxylic acids is 1. The molecule has 2 N–H and O–H groups in total. The first-order valence-electron chi connectivity index (χ1n) is 12.7. The van der Waals surface area contributed by atoms with Crippen molar-refractivity contribution in [1.29, 1.82) is 0 Å². The van der Waals surface area contributed by atoms with Crippen LogP contribution in [-0.2, 0) is 19.1 Å². The van der Waals surface area contributed by atoms with E-state index in [1.165, 1.54) is 4.90 Å². The van der Waals surface area contributed by atoms with Gasteiger partial charge in [-0.25, -0.2) is 0 Å². The van der Waals surface area contributed by atoms with Crippen molar-refractivity contribution in [2.24, 2.45) is 23.7 Å². The number of carbonyl (C=O) groups is 3. The zero-order valence-electron chi connectivity index (χ0n) is 22.0. The number of hydrogen-bond acceptors (Lipinski definition) is 5. The average molecular weight is 499 g/mol. The van der Waals surface area contributed by atoms with E-state index in [-0.39, 0.29) is 30.9 Å². The van der Waals surface area contributed by atoms with Crippen molar-refractivity contribution in [2.45, 2.75) is 71.2 Å². The predicted octanol–water partition coefficient (Wildman–Crippen LogP) is 2.93. The lowest BCUT2D eigenvalue weighted by Crippen LogP contribution is -2.60. The molecule has 3 fully saturated rings. The standard InChI is InChI=1S/C28H38N2O6/c1-8-12-29(22-16(4)10-9-11-17(22)5)25(33)23-28-13-18(6)27(7,36-28)21(26(34)35)20(28)24(32)30(23)19(14-31)15(2)3/h8-11,15,18-21,23,31H,1,12-14H2,2-7H3,(H,34,35)/t18?,19-,20-,21+,23?,27-,28?/m0/s1. The molecule has 1 spiro atoms. The lowest BCUT2D eigenvalue weighted by molar-refractivity contribution is -0.158. The van der Waals surface area contributed by atoms with Crippen LogP contribution in [0.2, 0.25) is 0 Å². The molecule has 1 aromatic rings. The minimum Gasteiger partial charge on any atom is -0.481 e. The number of hydrogen-bond donors (Lipinski definition) is 2. The van der Waals surface area contributed by atoms with E-state index in [2.05, 4.69) is 6.58 Å². The number of fused-ring (bicyclic) bond motifs is 1. The van der Waals surface area contributed by atoms with E-state index in [1.54, 1.807) is 17.9 Å². The second kappa shape index (κ2) is 8.99. The molecule has 3 aliphatic heterocycles. The maximum Gasteiger partial charge on any atom is 0.310 e. The van der Waals surface area contributed by atoms with Gasteiger partial charge in [-0.1, -0.05) is 45.0 Å². The third-order valence-corrected chi connectivity index (χ3v) is 8.85. The minimum absolute atomic E-state index is 0.161. The fourth-order valence-corrected chi connectivity index (χ4v) is 7.11. The van der Waals surface area contributed by atoms with E-state index in [4.69, 9.17) is 4.74 Å². The number of aliphatic hydroxyl groups is 1. The van der Waals surface area contributed by atoms with Crippen molar-refractivity contribution in [3.63, 3.8) is 0 Å². The number of amides is 2. The van der Waals surface area contributed by atoms with Gasteiger partial charge in [0.2, 0.25) is 5.91 Å². The van der Waals surface area contributed by atoms with Gasteiger partial charge in [0.25, 0.3) is 5.91 Å². The van der Waals surface area contributed by atoms with Crippen molar-refractivity contribution >= 4 is 23.5 Å². The Balaban J connectivity index is 1.93. The first-order chi connectivity index (χ1) is 16.9. The smallest absolute Gasteiger partial charge is 0.310 e. The summed E-state index contributed by atoms with van der Waals surface area (Å²) in [6.07, 6.45) is 2.03. The lowest BCUT2D eigenvalue weighted by Gasteiger charge is -2.41. The molecule has 3 heterocycles. The summed E-state index contributed by atoms with van der Waals surface area (Å²) < 4.78 is 6.59. The van der Waals surface area contributed by atoms with Gasteiger partial charge in [0, 0.05) is 12.2 Å². The Labute approximate surface area is 212 Å². The Morgan fingerprint density at radius 3 is 2.42 bits per heavy atom. The second-order valence-electron chi connectivity index (χ2n) is 11.3. The molecular formula is C28H38N2O6. The molecule has 196 valence electrons. The first-order valence-corrected chi connectivity index (χ1v) is 12.7. The molecule has 0 aromatic heterocycles. The number of aliphatic hydroxyl groups excluding tert-OH is 1. The van der Waals surface area contributed by atoms with Gasteiger partial charge in [0.1, 0.15) is 17.6 Å². The first kappa shape index (κ1) is 26.4. The lowest BCUT2D eigenvalue weighted by atomic mass is 9.62. The van der Waals surface area contributed by atoms with Crippen molar-refractivity contribution in [3.05, 3.63) is 42.0 Å². The van der Waals surface area contributed by atoms with Crippen LogP contribution in [0.1, 0.15) is 45.2 Å². The fourth-order valence-electron chi connectivity index (χ4n) is 7.11. The Morgan fingerprint density at radius 1 is 1.31 bits per heavy atom. The highest BCUT2D eigenvalue weighted by Gasteiger charge is 2.80. The van der Waals surface area contributed by atoms with E-state index >= 15 is 0 Å². The van der Waals surface area contributed by atoms with Crippen molar-refractivity contribution in [1.82, 2.24) is 4.90 Å². The normalized spacial score (nSPS) is 33.7. The summed E-state index contributed by atoms with van der Waals surface area (Å²) in [5, 5.41) is 20.6. The van der Waals surface area contributed by atoms with Gasteiger partial charge in [-0.15, -0.1) is 6.58 Å². The van der Waals surface area contributed by atoms with Crippen molar-refractivity contribution in [2.75, 3.05) is 18.1 Å². The number of carbonyl (C=O) groups excluding carboxylic acids is 2. The highest BCUT2D eigenvalue weighted by molar-refractivity contribution is 6.05. The largest absolute Gasteiger partial charge is 0.481 e. The van der Waals surface area contributed by atoms with Gasteiger partial charge in [-0.05, 0) is 50.2 Å². The van der Waals surface area contributed by atoms with E-state index in [0.29, 0.717) is 6.42 Å². The summed E-state index contributed by atoms with van der Waals surface area (Å²) in [5.74, 6) is -4.27. The molecule has 0 aliphatic carbocycles. The van der Waals surface area contributed by atoms with Gasteiger partial charge < -0.3 is 24.7 Å². The molecule has 2 amide bonds. The Bertz CT molecular complexity index is 1080. The molecule has 3 aliphatic rings. The zero-order chi connectivity index (χ0) is 26.7. The highest BCUT2D eigenvalue weighted by Crippen LogP contribution is 2.65. The maximum absolute atomic E-state index is 14.6. The topological polar surface area (TPSA) is 107 Å². The molecule has 2 bridgehead atoms. The number of carboxylic acids is 1. The summed E-state index contributed by atoms with van der Waals surface area (Å²) in [6.45, 7) is 15.0. The van der Waals surface area contributed by atoms with Crippen LogP contribution in [0.4, 0.5) is 5.69 Å². The van der Waals surface area contributed by atoms with Crippen LogP contribution in [0.5, 0.6) is 0 Å². The summed E-state index contributed by atoms with van der Waals surface area (Å²) in [5.41, 5.74) is 0.187. The number of anilines is 1. The number of aryl methyl sites for hydroxylation is 2. The van der Waals surface area contributed by atoms with Crippen LogP contribution < -0.4 is 4.90 Å². The molecule has 0 saturated carbocycles. The zero-order valence-corrected chi connectivity index (χ0v) is 22.0. The molecule has 0 radical (unpaired) electrons. The van der Waals surface area contributed by atoms with Gasteiger partial charge >= 0.3 is 5.97 Å². The van der Waals surface area contributed by atoms with Crippen molar-refractivity contribution < 1.29 is 29.3 Å². The number of para-hydroxylation sites is 1. The molecule has 36 heavy (non-hydrogen) atoms. The molecule has 8 heteroatoms. The van der Waals surface area contributed by atoms with Crippen LogP contribution in [0.15, 0.2) is 30.9 Å². The number of carboxylic acid groups (broad SMARTS) is 1. The molecular weight excluding hydrogens is 460 g/mol. The fraction of sp³-hybridized carbons (Fsp3) is 0.607. The SMILES string of the molecule is C=CCN(C(=O)C1N([C@@H](CO)C(C)C)C(=O)[C@@H]2[C@H](C(=O)O)[C@@]3(C)OC12CC3C)c1c(C)cccc1C. The summed E-state index contributed by atoms with van der Waals surface area (Å²) in [7, 11) is 0. The Hall–Kier alpha value is -2.71. The van der Waals surface area contributed by atoms with E-state index in [0.717, 1.165) is 16.8 Å². The summed E-state index contributed by atoms with van der Waals surface area (Å²) >= 11 is 0. The second-order valence-corrected chi connectivity index (χ2v) is 11.3. The van der Waals surface area contributed by atoms with Crippen LogP contribution in [0, 0.1) is 37.5 Å². The number of benzene rings is 1. The van der Waals surface area contributed by atoms with Gasteiger partial charge in [0.15, 0.2) is 0 Å². The van der Waals surface area contributed by atoms with E-state index < -0.39 is 47.0 Å². The molecule has 3 saturated heterocycles. The number of rotatable bonds is 8. The van der Waals surface area contributed by atoms with Gasteiger partial charge in [-0.3, -0.25) is 14.4 Å². The molecule has 3 unspecified atom stereocenters. The van der Waals surface area contributed by atoms with Crippen LogP contribution in [-0.4, -0.2) is 69.3 Å². The van der Waals surface area contributed by atoms with Crippen LogP contribution in [0.3, 0.4) is 0 Å². The number of likely N-dealkylation sites (tertiary alicyclic amines) is 1. The predicted molar refractivity (Wildman–Crippen MR) is 135 cm³/mol. The third-order valence-electron chi connectivity index (χ3n) is 8.85. The third kappa shape index (κ3) is 3.44. The molecule has 1 aromatic carbocycles. The molecule has 7 atom stereocenters. The molecule has 8 nitrogen and oxygen atoms in total. The van der Waals surface area contributed by atoms with Gasteiger partial charge in [0.05, 0.1) is 24.2 Å². The van der Waals surface area contributed by atoms with E-state index in [9.17, 15) is 24.6 Å². The monoisotopic (exact) mass is 498 g/mol. The Kier molecular flexibility index (Phi) is 6.58. The minimum atomic E-state index is -1.29. The summed E-state index contributed by atoms with van der Waals surface area (Å²) in [4.78, 5) is 44.3. The highest BCUT2D eigenvalue weighted by atomic mass is 16.5.